The fourth-order valence-electron chi connectivity index (χ4n) is 2.52. The number of ether oxygens (including phenoxy) is 2. The quantitative estimate of drug-likeness (QED) is 0.746. The Kier molecular flexibility index (Phi) is 4.83. The van der Waals surface area contributed by atoms with Crippen molar-refractivity contribution < 1.29 is 14.3 Å². The molecule has 0 fully saturated rings. The standard InChI is InChI=1S/C18H20N4O3/c1-4-24-14-5-7-15(8-6-14)25-11-17(23)20-13-9-16-12(2)21-22(3)18(16)19-10-13/h5-10H,4,11H2,1-3H3,(H,20,23). The van der Waals surface area contributed by atoms with Crippen molar-refractivity contribution in [3.63, 3.8) is 0 Å². The summed E-state index contributed by atoms with van der Waals surface area (Å²) in [7, 11) is 1.84. The molecule has 7 heteroatoms. The van der Waals surface area contributed by atoms with Crippen LogP contribution in [-0.2, 0) is 11.8 Å². The number of pyridine rings is 1. The molecule has 1 aromatic carbocycles. The molecule has 0 spiro atoms. The molecule has 3 rings (SSSR count). The first-order valence-electron chi connectivity index (χ1n) is 8.01. The Labute approximate surface area is 145 Å². The third-order valence-electron chi connectivity index (χ3n) is 3.65. The van der Waals surface area contributed by atoms with E-state index >= 15 is 0 Å². The van der Waals surface area contributed by atoms with Gasteiger partial charge in [-0.05, 0) is 44.2 Å². The lowest BCUT2D eigenvalue weighted by atomic mass is 10.2. The van der Waals surface area contributed by atoms with Crippen molar-refractivity contribution in [1.82, 2.24) is 14.8 Å². The van der Waals surface area contributed by atoms with Gasteiger partial charge >= 0.3 is 0 Å². The Hall–Kier alpha value is -3.09. The van der Waals surface area contributed by atoms with Crippen molar-refractivity contribution in [2.24, 2.45) is 7.05 Å². The highest BCUT2D eigenvalue weighted by molar-refractivity contribution is 5.94. The van der Waals surface area contributed by atoms with Crippen LogP contribution in [0.2, 0.25) is 0 Å². The number of carbonyl (C=O) groups is 1. The second-order valence-electron chi connectivity index (χ2n) is 5.55. The van der Waals surface area contributed by atoms with Crippen LogP contribution in [0.15, 0.2) is 36.5 Å². The number of benzene rings is 1. The summed E-state index contributed by atoms with van der Waals surface area (Å²) >= 11 is 0. The van der Waals surface area contributed by atoms with Crippen LogP contribution < -0.4 is 14.8 Å². The van der Waals surface area contributed by atoms with Gasteiger partial charge in [0.2, 0.25) is 0 Å². The minimum Gasteiger partial charge on any atom is -0.494 e. The minimum atomic E-state index is -0.253. The average Bonchev–Trinajstić information content (AvgIpc) is 2.88. The van der Waals surface area contributed by atoms with Gasteiger partial charge in [0.15, 0.2) is 12.3 Å². The van der Waals surface area contributed by atoms with Crippen LogP contribution in [-0.4, -0.2) is 33.9 Å². The van der Waals surface area contributed by atoms with Crippen molar-refractivity contribution in [2.75, 3.05) is 18.5 Å². The number of fused-ring (bicyclic) bond motifs is 1. The number of aryl methyl sites for hydroxylation is 2. The van der Waals surface area contributed by atoms with Crippen LogP contribution in [0.25, 0.3) is 11.0 Å². The van der Waals surface area contributed by atoms with Crippen LogP contribution in [0.4, 0.5) is 5.69 Å². The molecular formula is C18H20N4O3. The van der Waals surface area contributed by atoms with E-state index in [4.69, 9.17) is 9.47 Å². The van der Waals surface area contributed by atoms with E-state index in [2.05, 4.69) is 15.4 Å². The predicted molar refractivity (Wildman–Crippen MR) is 95.0 cm³/mol. The molecular weight excluding hydrogens is 320 g/mol. The van der Waals surface area contributed by atoms with Crippen LogP contribution in [0, 0.1) is 6.92 Å². The van der Waals surface area contributed by atoms with Crippen molar-refractivity contribution in [3.8, 4) is 11.5 Å². The number of aromatic nitrogens is 3. The molecule has 1 amide bonds. The number of amides is 1. The molecule has 0 radical (unpaired) electrons. The predicted octanol–water partition coefficient (Wildman–Crippen LogP) is 2.69. The number of nitrogens with zero attached hydrogens (tertiary/aromatic N) is 3. The van der Waals surface area contributed by atoms with E-state index < -0.39 is 0 Å². The Morgan fingerprint density at radius 2 is 1.88 bits per heavy atom. The summed E-state index contributed by atoms with van der Waals surface area (Å²) in [5.41, 5.74) is 2.26. The maximum atomic E-state index is 12.1. The van der Waals surface area contributed by atoms with Gasteiger partial charge in [-0.3, -0.25) is 9.48 Å². The summed E-state index contributed by atoms with van der Waals surface area (Å²) in [5, 5.41) is 8.01. The molecule has 2 aromatic heterocycles. The van der Waals surface area contributed by atoms with Crippen LogP contribution in [0.3, 0.4) is 0 Å². The number of hydrogen-bond acceptors (Lipinski definition) is 5. The van der Waals surface area contributed by atoms with Gasteiger partial charge in [0, 0.05) is 12.4 Å². The number of nitrogens with one attached hydrogen (secondary N) is 1. The highest BCUT2D eigenvalue weighted by Gasteiger charge is 2.09. The highest BCUT2D eigenvalue weighted by Crippen LogP contribution is 2.20. The molecule has 3 aromatic rings. The summed E-state index contributed by atoms with van der Waals surface area (Å²) in [6.07, 6.45) is 1.61. The number of hydrogen-bond donors (Lipinski definition) is 1. The maximum Gasteiger partial charge on any atom is 0.262 e. The molecule has 0 bridgehead atoms. The normalized spacial score (nSPS) is 10.7. The average molecular weight is 340 g/mol. The molecule has 0 unspecified atom stereocenters. The number of rotatable bonds is 6. The van der Waals surface area contributed by atoms with E-state index in [1.54, 1.807) is 35.1 Å². The fourth-order valence-corrected chi connectivity index (χ4v) is 2.52. The van der Waals surface area contributed by atoms with E-state index in [1.807, 2.05) is 27.0 Å². The summed E-state index contributed by atoms with van der Waals surface area (Å²) in [6.45, 7) is 4.36. The molecule has 130 valence electrons. The molecule has 0 saturated heterocycles. The second kappa shape index (κ2) is 7.21. The van der Waals surface area contributed by atoms with Gasteiger partial charge in [0.1, 0.15) is 11.5 Å². The van der Waals surface area contributed by atoms with Gasteiger partial charge < -0.3 is 14.8 Å². The summed E-state index contributed by atoms with van der Waals surface area (Å²) < 4.78 is 12.6. The fraction of sp³-hybridized carbons (Fsp3) is 0.278. The molecule has 1 N–H and O–H groups in total. The summed E-state index contributed by atoms with van der Waals surface area (Å²) in [6, 6.07) is 9.01. The third-order valence-corrected chi connectivity index (χ3v) is 3.65. The summed E-state index contributed by atoms with van der Waals surface area (Å²) in [4.78, 5) is 16.4. The van der Waals surface area contributed by atoms with Gasteiger partial charge in [0.25, 0.3) is 5.91 Å². The maximum absolute atomic E-state index is 12.1. The second-order valence-corrected chi connectivity index (χ2v) is 5.55. The Morgan fingerprint density at radius 3 is 2.56 bits per heavy atom. The van der Waals surface area contributed by atoms with Gasteiger partial charge in [-0.2, -0.15) is 5.10 Å². The lowest BCUT2D eigenvalue weighted by molar-refractivity contribution is -0.118. The highest BCUT2D eigenvalue weighted by atomic mass is 16.5. The van der Waals surface area contributed by atoms with E-state index in [1.165, 1.54) is 0 Å². The lowest BCUT2D eigenvalue weighted by Crippen LogP contribution is -2.20. The molecule has 0 saturated carbocycles. The van der Waals surface area contributed by atoms with Crippen molar-refractivity contribution in [1.29, 1.82) is 0 Å². The molecule has 0 aliphatic rings. The Bertz CT molecular complexity index is 887. The Morgan fingerprint density at radius 1 is 1.20 bits per heavy atom. The molecule has 2 heterocycles. The first kappa shape index (κ1) is 16.8. The SMILES string of the molecule is CCOc1ccc(OCC(=O)Nc2cnc3c(c2)c(C)nn3C)cc1. The smallest absolute Gasteiger partial charge is 0.262 e. The van der Waals surface area contributed by atoms with E-state index in [0.717, 1.165) is 22.5 Å². The number of carbonyl (C=O) groups excluding carboxylic acids is 1. The van der Waals surface area contributed by atoms with E-state index in [9.17, 15) is 4.79 Å². The Balaban J connectivity index is 1.59. The van der Waals surface area contributed by atoms with Gasteiger partial charge in [-0.25, -0.2) is 4.98 Å². The first-order valence-corrected chi connectivity index (χ1v) is 8.01. The van der Waals surface area contributed by atoms with Gasteiger partial charge in [-0.15, -0.1) is 0 Å². The first-order chi connectivity index (χ1) is 12.1. The van der Waals surface area contributed by atoms with Crippen LogP contribution in [0.1, 0.15) is 12.6 Å². The topological polar surface area (TPSA) is 78.3 Å². The summed E-state index contributed by atoms with van der Waals surface area (Å²) in [5.74, 6) is 1.12. The molecule has 7 nitrogen and oxygen atoms in total. The minimum absolute atomic E-state index is 0.0853. The largest absolute Gasteiger partial charge is 0.494 e. The lowest BCUT2D eigenvalue weighted by Gasteiger charge is -2.08. The molecule has 0 aliphatic carbocycles. The zero-order valence-corrected chi connectivity index (χ0v) is 14.4. The van der Waals surface area contributed by atoms with E-state index in [-0.39, 0.29) is 12.5 Å². The molecule has 0 aliphatic heterocycles. The molecule has 25 heavy (non-hydrogen) atoms. The van der Waals surface area contributed by atoms with E-state index in [0.29, 0.717) is 18.0 Å². The van der Waals surface area contributed by atoms with Crippen molar-refractivity contribution in [2.45, 2.75) is 13.8 Å². The monoisotopic (exact) mass is 340 g/mol. The van der Waals surface area contributed by atoms with Gasteiger partial charge in [-0.1, -0.05) is 0 Å². The van der Waals surface area contributed by atoms with Crippen molar-refractivity contribution in [3.05, 3.63) is 42.2 Å². The molecule has 0 atom stereocenters. The van der Waals surface area contributed by atoms with Crippen LogP contribution in [0.5, 0.6) is 11.5 Å². The van der Waals surface area contributed by atoms with Gasteiger partial charge in [0.05, 0.1) is 24.2 Å². The van der Waals surface area contributed by atoms with Crippen molar-refractivity contribution >= 4 is 22.6 Å². The van der Waals surface area contributed by atoms with Crippen LogP contribution >= 0.6 is 0 Å². The zero-order valence-electron chi connectivity index (χ0n) is 14.4. The zero-order chi connectivity index (χ0) is 17.8. The third kappa shape index (κ3) is 3.88. The number of anilines is 1.